The summed E-state index contributed by atoms with van der Waals surface area (Å²) >= 11 is 0. The first kappa shape index (κ1) is 27.9. The molecule has 3 heterocycles. The van der Waals surface area contributed by atoms with Gasteiger partial charge >= 0.3 is 6.03 Å². The van der Waals surface area contributed by atoms with E-state index < -0.39 is 12.3 Å². The molecule has 5 rings (SSSR count). The van der Waals surface area contributed by atoms with Gasteiger partial charge in [-0.25, -0.2) is 9.18 Å². The summed E-state index contributed by atoms with van der Waals surface area (Å²) in [7, 11) is 1.69. The Morgan fingerprint density at radius 3 is 2.48 bits per heavy atom. The number of amides is 3. The van der Waals surface area contributed by atoms with E-state index in [1.165, 1.54) is 12.1 Å². The summed E-state index contributed by atoms with van der Waals surface area (Å²) in [5, 5.41) is 4.04. The van der Waals surface area contributed by atoms with Crippen molar-refractivity contribution in [2.45, 2.75) is 31.2 Å². The van der Waals surface area contributed by atoms with Gasteiger partial charge in [-0.2, -0.15) is 0 Å². The van der Waals surface area contributed by atoms with Gasteiger partial charge in [0.2, 0.25) is 5.91 Å². The number of likely N-dealkylation sites (N-methyl/N-ethyl adjacent to an activating group) is 1. The molecule has 3 aromatic rings. The van der Waals surface area contributed by atoms with Crippen LogP contribution >= 0.6 is 0 Å². The molecule has 2 saturated heterocycles. The number of aromatic amines is 1. The molecular weight excluding hydrogens is 515 g/mol. The molecule has 0 aliphatic carbocycles. The smallest absolute Gasteiger partial charge is 0.318 e. The quantitative estimate of drug-likeness (QED) is 0.415. The minimum Gasteiger partial charge on any atom is -0.368 e. The van der Waals surface area contributed by atoms with Crippen LogP contribution in [0.15, 0.2) is 54.7 Å². The molecule has 3 amide bonds. The second kappa shape index (κ2) is 12.2. The molecule has 2 atom stereocenters. The number of carbonyl (C=O) groups is 2. The zero-order valence-electron chi connectivity index (χ0n) is 22.9. The first-order valence-corrected chi connectivity index (χ1v) is 13.7. The van der Waals surface area contributed by atoms with Gasteiger partial charge in [0, 0.05) is 61.9 Å². The fraction of sp³-hybridized carbons (Fsp3) is 0.448. The highest BCUT2D eigenvalue weighted by atomic mass is 19.1. The average molecular weight is 553 g/mol. The molecule has 11 heteroatoms. The van der Waals surface area contributed by atoms with Crippen molar-refractivity contribution in [2.75, 3.05) is 57.9 Å². The van der Waals surface area contributed by atoms with Crippen LogP contribution in [0.4, 0.5) is 14.9 Å². The van der Waals surface area contributed by atoms with E-state index in [1.807, 2.05) is 37.4 Å². The number of nitrogens with one attached hydrogen (secondary N) is 2. The maximum Gasteiger partial charge on any atom is 0.318 e. The van der Waals surface area contributed by atoms with Gasteiger partial charge in [-0.3, -0.25) is 4.79 Å². The number of fused-ring (bicyclic) bond motifs is 1. The number of H-pyrrole nitrogens is 1. The molecule has 0 spiro atoms. The van der Waals surface area contributed by atoms with Crippen molar-refractivity contribution in [1.29, 1.82) is 0 Å². The largest absolute Gasteiger partial charge is 0.368 e. The molecule has 0 bridgehead atoms. The van der Waals surface area contributed by atoms with E-state index in [9.17, 15) is 14.0 Å². The van der Waals surface area contributed by atoms with Crippen molar-refractivity contribution in [2.24, 2.45) is 5.73 Å². The number of aromatic nitrogens is 1. The fourth-order valence-electron chi connectivity index (χ4n) is 5.31. The van der Waals surface area contributed by atoms with Gasteiger partial charge in [-0.15, -0.1) is 0 Å². The van der Waals surface area contributed by atoms with Crippen LogP contribution < -0.4 is 16.0 Å². The number of nitrogens with two attached hydrogens (primary N) is 1. The molecule has 0 saturated carbocycles. The highest BCUT2D eigenvalue weighted by molar-refractivity contribution is 5.90. The number of urea groups is 1. The predicted octanol–water partition coefficient (Wildman–Crippen LogP) is 2.47. The van der Waals surface area contributed by atoms with E-state index in [4.69, 9.17) is 15.2 Å². The Morgan fingerprint density at radius 2 is 1.77 bits per heavy atom. The van der Waals surface area contributed by atoms with Crippen molar-refractivity contribution < 1.29 is 23.5 Å². The van der Waals surface area contributed by atoms with Gasteiger partial charge in [-0.05, 0) is 35.9 Å². The monoisotopic (exact) mass is 552 g/mol. The van der Waals surface area contributed by atoms with Crippen LogP contribution in [0.1, 0.15) is 18.4 Å². The summed E-state index contributed by atoms with van der Waals surface area (Å²) in [4.78, 5) is 36.0. The van der Waals surface area contributed by atoms with Crippen LogP contribution in [-0.2, 0) is 14.3 Å². The second-order valence-corrected chi connectivity index (χ2v) is 10.5. The number of ether oxygens (including phenoxy) is 2. The molecule has 0 radical (unpaired) electrons. The van der Waals surface area contributed by atoms with Crippen LogP contribution in [0.2, 0.25) is 0 Å². The number of hydrogen-bond donors (Lipinski definition) is 3. The SMILES string of the molecule is CC(c1c[nH]c2ccccc12)C(NC(=O)N1CCN(c2ccc(F)cc2)CC1)C(=O)N(C)CC1OCC(N)CO1. The number of nitrogens with zero attached hydrogens (tertiary/aromatic N) is 3. The normalized spacial score (nSPS) is 21.2. The van der Waals surface area contributed by atoms with Gasteiger partial charge in [0.1, 0.15) is 11.9 Å². The molecule has 1 aromatic heterocycles. The number of hydrogen-bond acceptors (Lipinski definition) is 6. The lowest BCUT2D eigenvalue weighted by molar-refractivity contribution is -0.193. The number of piperazine rings is 1. The van der Waals surface area contributed by atoms with Crippen molar-refractivity contribution >= 4 is 28.5 Å². The van der Waals surface area contributed by atoms with Crippen molar-refractivity contribution in [3.63, 3.8) is 0 Å². The first-order valence-electron chi connectivity index (χ1n) is 13.7. The zero-order valence-corrected chi connectivity index (χ0v) is 22.9. The standard InChI is InChI=1S/C29H37FN6O4/c1-19(24-15-32-25-6-4-3-5-23(24)25)27(28(37)34(2)16-26-39-17-21(31)18-40-26)33-29(38)36-13-11-35(12-14-36)22-9-7-20(30)8-10-22/h3-10,15,19,21,26-27,32H,11-14,16-18,31H2,1-2H3,(H,33,38). The second-order valence-electron chi connectivity index (χ2n) is 10.5. The average Bonchev–Trinajstić information content (AvgIpc) is 3.41. The number of carbonyl (C=O) groups excluding carboxylic acids is 2. The highest BCUT2D eigenvalue weighted by Crippen LogP contribution is 2.29. The lowest BCUT2D eigenvalue weighted by Crippen LogP contribution is -2.58. The molecule has 2 unspecified atom stereocenters. The van der Waals surface area contributed by atoms with E-state index in [2.05, 4.69) is 15.2 Å². The topological polar surface area (TPSA) is 116 Å². The van der Waals surface area contributed by atoms with E-state index in [0.717, 1.165) is 22.2 Å². The third kappa shape index (κ3) is 6.22. The molecule has 2 aliphatic rings. The van der Waals surface area contributed by atoms with Crippen molar-refractivity contribution in [3.8, 4) is 0 Å². The summed E-state index contributed by atoms with van der Waals surface area (Å²) in [6, 6.07) is 12.9. The third-order valence-electron chi connectivity index (χ3n) is 7.71. The van der Waals surface area contributed by atoms with Crippen LogP contribution in [0.3, 0.4) is 0 Å². The summed E-state index contributed by atoms with van der Waals surface area (Å²) in [5.74, 6) is -0.840. The maximum atomic E-state index is 13.8. The Hall–Kier alpha value is -3.67. The highest BCUT2D eigenvalue weighted by Gasteiger charge is 2.35. The summed E-state index contributed by atoms with van der Waals surface area (Å²) < 4.78 is 24.6. The van der Waals surface area contributed by atoms with Gasteiger partial charge in [0.25, 0.3) is 0 Å². The molecule has 40 heavy (non-hydrogen) atoms. The minimum atomic E-state index is -0.822. The number of halogens is 1. The molecular formula is C29H37FN6O4. The Labute approximate surface area is 233 Å². The van der Waals surface area contributed by atoms with Gasteiger partial charge < -0.3 is 40.2 Å². The summed E-state index contributed by atoms with van der Waals surface area (Å²) in [5.41, 5.74) is 8.67. The number of anilines is 1. The summed E-state index contributed by atoms with van der Waals surface area (Å²) in [6.07, 6.45) is 1.32. The Balaban J connectivity index is 1.29. The lowest BCUT2D eigenvalue weighted by atomic mass is 9.92. The van der Waals surface area contributed by atoms with E-state index in [0.29, 0.717) is 39.4 Å². The Bertz CT molecular complexity index is 1300. The van der Waals surface area contributed by atoms with E-state index >= 15 is 0 Å². The number of benzene rings is 2. The predicted molar refractivity (Wildman–Crippen MR) is 151 cm³/mol. The van der Waals surface area contributed by atoms with Crippen LogP contribution in [0.5, 0.6) is 0 Å². The molecule has 214 valence electrons. The molecule has 2 aromatic carbocycles. The van der Waals surface area contributed by atoms with Crippen molar-refractivity contribution in [3.05, 3.63) is 66.1 Å². The molecule has 2 aliphatic heterocycles. The third-order valence-corrected chi connectivity index (χ3v) is 7.71. The van der Waals surface area contributed by atoms with Gasteiger partial charge in [0.05, 0.1) is 25.8 Å². The van der Waals surface area contributed by atoms with E-state index in [1.54, 1.807) is 29.0 Å². The maximum absolute atomic E-state index is 13.8. The van der Waals surface area contributed by atoms with Crippen LogP contribution in [0.25, 0.3) is 10.9 Å². The summed E-state index contributed by atoms with van der Waals surface area (Å²) in [6.45, 7) is 5.06. The Morgan fingerprint density at radius 1 is 1.10 bits per heavy atom. The lowest BCUT2D eigenvalue weighted by Gasteiger charge is -2.38. The molecule has 2 fully saturated rings. The molecule has 10 nitrogen and oxygen atoms in total. The number of rotatable bonds is 7. The number of para-hydroxylation sites is 1. The Kier molecular flexibility index (Phi) is 8.53. The van der Waals surface area contributed by atoms with Crippen LogP contribution in [0, 0.1) is 5.82 Å². The van der Waals surface area contributed by atoms with Crippen molar-refractivity contribution in [1.82, 2.24) is 20.1 Å². The van der Waals surface area contributed by atoms with E-state index in [-0.39, 0.29) is 36.3 Å². The van der Waals surface area contributed by atoms with Crippen LogP contribution in [-0.4, -0.2) is 98.1 Å². The first-order chi connectivity index (χ1) is 19.3. The van der Waals surface area contributed by atoms with Gasteiger partial charge in [-0.1, -0.05) is 25.1 Å². The zero-order chi connectivity index (χ0) is 28.2. The fourth-order valence-corrected chi connectivity index (χ4v) is 5.31. The molecule has 4 N–H and O–H groups in total. The van der Waals surface area contributed by atoms with Gasteiger partial charge in [0.15, 0.2) is 6.29 Å². The minimum absolute atomic E-state index is 0.185.